The molecule has 4 nitrogen and oxygen atoms in total. The zero-order chi connectivity index (χ0) is 12.8. The molecular weight excluding hydrogens is 228 g/mol. The summed E-state index contributed by atoms with van der Waals surface area (Å²) in [5.41, 5.74) is 1.08. The number of likely N-dealkylation sites (tertiary alicyclic amines) is 1. The smallest absolute Gasteiger partial charge is 0.162 e. The van der Waals surface area contributed by atoms with E-state index in [1.807, 2.05) is 18.2 Å². The Kier molecular flexibility index (Phi) is 4.70. The van der Waals surface area contributed by atoms with Crippen molar-refractivity contribution in [2.24, 2.45) is 0 Å². The summed E-state index contributed by atoms with van der Waals surface area (Å²) >= 11 is 0. The van der Waals surface area contributed by atoms with Gasteiger partial charge in [0.25, 0.3) is 0 Å². The Morgan fingerprint density at radius 2 is 1.83 bits per heavy atom. The molecule has 0 amide bonds. The molecule has 0 spiro atoms. The number of ether oxygens (including phenoxy) is 2. The molecule has 0 saturated carbocycles. The summed E-state index contributed by atoms with van der Waals surface area (Å²) in [5.74, 6) is 1.53. The molecule has 4 heteroatoms. The fourth-order valence-corrected chi connectivity index (χ4v) is 2.31. The van der Waals surface area contributed by atoms with Crippen LogP contribution in [0.3, 0.4) is 0 Å². The lowest BCUT2D eigenvalue weighted by Crippen LogP contribution is -2.25. The van der Waals surface area contributed by atoms with Crippen LogP contribution in [0.2, 0.25) is 0 Å². The maximum Gasteiger partial charge on any atom is 0.162 e. The standard InChI is InChI=1S/C14H22N2O2/c1-17-13-6-5-12(11-14(13)18-2)15-7-10-16-8-3-4-9-16/h5-6,11,15H,3-4,7-10H2,1-2H3. The van der Waals surface area contributed by atoms with Crippen LogP contribution in [0, 0.1) is 0 Å². The highest BCUT2D eigenvalue weighted by Crippen LogP contribution is 2.29. The van der Waals surface area contributed by atoms with Gasteiger partial charge in [-0.25, -0.2) is 0 Å². The molecule has 1 aliphatic rings. The molecule has 1 heterocycles. The Bertz CT molecular complexity index is 376. The van der Waals surface area contributed by atoms with E-state index in [1.165, 1.54) is 25.9 Å². The molecule has 1 aliphatic heterocycles. The summed E-state index contributed by atoms with van der Waals surface area (Å²) in [5, 5.41) is 3.42. The first-order valence-electron chi connectivity index (χ1n) is 6.52. The van der Waals surface area contributed by atoms with E-state index in [9.17, 15) is 0 Å². The normalized spacial score (nSPS) is 15.7. The van der Waals surface area contributed by atoms with Crippen LogP contribution in [0.5, 0.6) is 11.5 Å². The minimum Gasteiger partial charge on any atom is -0.493 e. The molecule has 0 atom stereocenters. The molecule has 1 N–H and O–H groups in total. The second-order valence-electron chi connectivity index (χ2n) is 4.55. The summed E-state index contributed by atoms with van der Waals surface area (Å²) in [6.45, 7) is 4.56. The van der Waals surface area contributed by atoms with Gasteiger partial charge in [-0.15, -0.1) is 0 Å². The SMILES string of the molecule is COc1ccc(NCCN2CCCC2)cc1OC. The van der Waals surface area contributed by atoms with E-state index in [0.29, 0.717) is 0 Å². The Morgan fingerprint density at radius 1 is 1.11 bits per heavy atom. The summed E-state index contributed by atoms with van der Waals surface area (Å²) in [6, 6.07) is 5.92. The number of methoxy groups -OCH3 is 2. The van der Waals surface area contributed by atoms with E-state index in [2.05, 4.69) is 10.2 Å². The quantitative estimate of drug-likeness (QED) is 0.839. The molecule has 100 valence electrons. The topological polar surface area (TPSA) is 33.7 Å². The van der Waals surface area contributed by atoms with Gasteiger partial charge >= 0.3 is 0 Å². The van der Waals surface area contributed by atoms with Crippen molar-refractivity contribution >= 4 is 5.69 Å². The maximum atomic E-state index is 5.28. The fraction of sp³-hybridized carbons (Fsp3) is 0.571. The predicted molar refractivity (Wildman–Crippen MR) is 73.7 cm³/mol. The van der Waals surface area contributed by atoms with Crippen molar-refractivity contribution in [3.05, 3.63) is 18.2 Å². The molecule has 0 aliphatic carbocycles. The fourth-order valence-electron chi connectivity index (χ4n) is 2.31. The van der Waals surface area contributed by atoms with Crippen molar-refractivity contribution in [3.8, 4) is 11.5 Å². The Morgan fingerprint density at radius 3 is 2.50 bits per heavy atom. The van der Waals surface area contributed by atoms with Gasteiger partial charge in [-0.2, -0.15) is 0 Å². The van der Waals surface area contributed by atoms with Crippen LogP contribution in [0.4, 0.5) is 5.69 Å². The number of benzene rings is 1. The van der Waals surface area contributed by atoms with Crippen LogP contribution in [0.25, 0.3) is 0 Å². The van der Waals surface area contributed by atoms with Crippen LogP contribution in [0.1, 0.15) is 12.8 Å². The van der Waals surface area contributed by atoms with Gasteiger partial charge in [0.15, 0.2) is 11.5 Å². The number of rotatable bonds is 6. The molecule has 1 aromatic carbocycles. The third-order valence-electron chi connectivity index (χ3n) is 3.34. The van der Waals surface area contributed by atoms with Gasteiger partial charge in [0, 0.05) is 24.8 Å². The highest BCUT2D eigenvalue weighted by molar-refractivity contribution is 5.54. The van der Waals surface area contributed by atoms with E-state index < -0.39 is 0 Å². The Balaban J connectivity index is 1.84. The van der Waals surface area contributed by atoms with E-state index >= 15 is 0 Å². The largest absolute Gasteiger partial charge is 0.493 e. The molecule has 0 bridgehead atoms. The zero-order valence-electron chi connectivity index (χ0n) is 11.2. The summed E-state index contributed by atoms with van der Waals surface area (Å²) in [7, 11) is 3.31. The summed E-state index contributed by atoms with van der Waals surface area (Å²) in [4.78, 5) is 2.49. The predicted octanol–water partition coefficient (Wildman–Crippen LogP) is 2.21. The summed E-state index contributed by atoms with van der Waals surface area (Å²) < 4.78 is 10.5. The van der Waals surface area contributed by atoms with Crippen molar-refractivity contribution in [1.29, 1.82) is 0 Å². The first kappa shape index (κ1) is 13.0. The molecule has 0 radical (unpaired) electrons. The first-order chi connectivity index (χ1) is 8.83. The van der Waals surface area contributed by atoms with Crippen LogP contribution in [0.15, 0.2) is 18.2 Å². The van der Waals surface area contributed by atoms with E-state index in [0.717, 1.165) is 30.3 Å². The van der Waals surface area contributed by atoms with Crippen molar-refractivity contribution in [2.45, 2.75) is 12.8 Å². The third kappa shape index (κ3) is 3.29. The molecule has 2 rings (SSSR count). The van der Waals surface area contributed by atoms with Crippen LogP contribution in [-0.4, -0.2) is 45.3 Å². The van der Waals surface area contributed by atoms with Crippen molar-refractivity contribution in [2.75, 3.05) is 45.7 Å². The van der Waals surface area contributed by atoms with Gasteiger partial charge in [-0.1, -0.05) is 0 Å². The lowest BCUT2D eigenvalue weighted by Gasteiger charge is -2.16. The van der Waals surface area contributed by atoms with Crippen LogP contribution >= 0.6 is 0 Å². The summed E-state index contributed by atoms with van der Waals surface area (Å²) in [6.07, 6.45) is 2.69. The van der Waals surface area contributed by atoms with Crippen molar-refractivity contribution in [1.82, 2.24) is 4.90 Å². The molecule has 18 heavy (non-hydrogen) atoms. The number of nitrogens with zero attached hydrogens (tertiary/aromatic N) is 1. The molecule has 0 aromatic heterocycles. The average Bonchev–Trinajstić information content (AvgIpc) is 2.91. The molecule has 1 aromatic rings. The van der Waals surface area contributed by atoms with Gasteiger partial charge in [0.05, 0.1) is 14.2 Å². The van der Waals surface area contributed by atoms with Gasteiger partial charge in [0.1, 0.15) is 0 Å². The number of hydrogen-bond acceptors (Lipinski definition) is 4. The third-order valence-corrected chi connectivity index (χ3v) is 3.34. The Labute approximate surface area is 109 Å². The highest BCUT2D eigenvalue weighted by atomic mass is 16.5. The van der Waals surface area contributed by atoms with Gasteiger partial charge in [0.2, 0.25) is 0 Å². The number of anilines is 1. The molecule has 1 fully saturated rings. The lowest BCUT2D eigenvalue weighted by molar-refractivity contribution is 0.352. The van der Waals surface area contributed by atoms with E-state index in [4.69, 9.17) is 9.47 Å². The lowest BCUT2D eigenvalue weighted by atomic mass is 10.2. The minimum atomic E-state index is 0.766. The van der Waals surface area contributed by atoms with Crippen molar-refractivity contribution in [3.63, 3.8) is 0 Å². The Hall–Kier alpha value is -1.42. The molecule has 1 saturated heterocycles. The second-order valence-corrected chi connectivity index (χ2v) is 4.55. The van der Waals surface area contributed by atoms with E-state index in [1.54, 1.807) is 14.2 Å². The number of hydrogen-bond donors (Lipinski definition) is 1. The maximum absolute atomic E-state index is 5.28. The zero-order valence-corrected chi connectivity index (χ0v) is 11.2. The van der Waals surface area contributed by atoms with Gasteiger partial charge in [-0.3, -0.25) is 0 Å². The minimum absolute atomic E-state index is 0.766. The first-order valence-corrected chi connectivity index (χ1v) is 6.52. The molecular formula is C14H22N2O2. The van der Waals surface area contributed by atoms with E-state index in [-0.39, 0.29) is 0 Å². The second kappa shape index (κ2) is 6.50. The van der Waals surface area contributed by atoms with Crippen molar-refractivity contribution < 1.29 is 9.47 Å². The van der Waals surface area contributed by atoms with Gasteiger partial charge in [-0.05, 0) is 38.1 Å². The molecule has 0 unspecified atom stereocenters. The number of nitrogens with one attached hydrogen (secondary N) is 1. The van der Waals surface area contributed by atoms with Gasteiger partial charge < -0.3 is 19.7 Å². The highest BCUT2D eigenvalue weighted by Gasteiger charge is 2.10. The van der Waals surface area contributed by atoms with Crippen LogP contribution < -0.4 is 14.8 Å². The van der Waals surface area contributed by atoms with Crippen LogP contribution in [-0.2, 0) is 0 Å². The average molecular weight is 250 g/mol. The monoisotopic (exact) mass is 250 g/mol.